The summed E-state index contributed by atoms with van der Waals surface area (Å²) in [5, 5.41) is 6.53. The third-order valence-electron chi connectivity index (χ3n) is 2.58. The maximum atomic E-state index is 11.7. The minimum Gasteiger partial charge on any atom is -0.359 e. The number of hydrogen-bond donors (Lipinski definition) is 1. The molecule has 0 aliphatic heterocycles. The quantitative estimate of drug-likeness (QED) is 0.863. The van der Waals surface area contributed by atoms with E-state index in [0.29, 0.717) is 5.82 Å². The molecule has 0 aromatic carbocycles. The van der Waals surface area contributed by atoms with Crippen molar-refractivity contribution in [2.45, 2.75) is 46.1 Å². The van der Waals surface area contributed by atoms with Crippen molar-refractivity contribution in [1.29, 1.82) is 0 Å². The van der Waals surface area contributed by atoms with Gasteiger partial charge in [-0.2, -0.15) is 0 Å². The van der Waals surface area contributed by atoms with Crippen molar-refractivity contribution in [1.82, 2.24) is 10.1 Å². The maximum Gasteiger partial charge on any atom is 0.323 e. The zero-order valence-electron chi connectivity index (χ0n) is 11.4. The molecule has 0 fully saturated rings. The van der Waals surface area contributed by atoms with E-state index in [2.05, 4.69) is 10.5 Å². The molecule has 0 radical (unpaired) electrons. The summed E-state index contributed by atoms with van der Waals surface area (Å²) >= 11 is 0. The number of anilines is 1. The molecule has 0 aliphatic carbocycles. The second-order valence-corrected chi connectivity index (χ2v) is 5.46. The van der Waals surface area contributed by atoms with Gasteiger partial charge in [0.1, 0.15) is 5.76 Å². The van der Waals surface area contributed by atoms with Gasteiger partial charge >= 0.3 is 6.03 Å². The summed E-state index contributed by atoms with van der Waals surface area (Å²) in [6.07, 6.45) is 0. The molecule has 0 atom stereocenters. The van der Waals surface area contributed by atoms with E-state index in [9.17, 15) is 4.79 Å². The summed E-state index contributed by atoms with van der Waals surface area (Å²) in [5.74, 6) is 1.20. The highest BCUT2D eigenvalue weighted by molar-refractivity contribution is 5.88. The monoisotopic (exact) mass is 239 g/mol. The average Bonchev–Trinajstić information content (AvgIpc) is 2.64. The van der Waals surface area contributed by atoms with E-state index in [0.717, 1.165) is 5.76 Å². The lowest BCUT2D eigenvalue weighted by Gasteiger charge is -2.20. The zero-order valence-corrected chi connectivity index (χ0v) is 11.4. The van der Waals surface area contributed by atoms with E-state index in [1.165, 1.54) is 0 Å². The number of amides is 2. The number of rotatable bonds is 2. The number of urea groups is 1. The fourth-order valence-electron chi connectivity index (χ4n) is 1.12. The molecule has 0 saturated heterocycles. The molecule has 5 nitrogen and oxygen atoms in total. The van der Waals surface area contributed by atoms with Gasteiger partial charge in [-0.3, -0.25) is 5.32 Å². The molecule has 0 aliphatic rings. The van der Waals surface area contributed by atoms with Crippen LogP contribution in [0.4, 0.5) is 10.6 Å². The summed E-state index contributed by atoms with van der Waals surface area (Å²) in [6.45, 7) is 9.98. The normalized spacial score (nSPS) is 11.7. The van der Waals surface area contributed by atoms with Gasteiger partial charge in [-0.15, -0.1) is 0 Å². The van der Waals surface area contributed by atoms with Gasteiger partial charge in [0.25, 0.3) is 0 Å². The predicted octanol–water partition coefficient (Wildman–Crippen LogP) is 2.84. The fourth-order valence-corrected chi connectivity index (χ4v) is 1.12. The fraction of sp³-hybridized carbons (Fsp3) is 0.667. The average molecular weight is 239 g/mol. The van der Waals surface area contributed by atoms with Crippen LogP contribution in [0.2, 0.25) is 0 Å². The van der Waals surface area contributed by atoms with Crippen LogP contribution in [0.5, 0.6) is 0 Å². The lowest BCUT2D eigenvalue weighted by atomic mass is 9.93. The molecule has 5 heteroatoms. The number of carbonyl (C=O) groups is 1. The Labute approximate surface area is 102 Å². The Morgan fingerprint density at radius 1 is 1.47 bits per heavy atom. The summed E-state index contributed by atoms with van der Waals surface area (Å²) < 4.78 is 5.19. The Bertz CT molecular complexity index is 391. The third kappa shape index (κ3) is 3.47. The van der Waals surface area contributed by atoms with Crippen LogP contribution in [0.25, 0.3) is 0 Å². The van der Waals surface area contributed by atoms with E-state index in [1.54, 1.807) is 18.0 Å². The molecule has 2 amide bonds. The Morgan fingerprint density at radius 3 is 2.47 bits per heavy atom. The van der Waals surface area contributed by atoms with Gasteiger partial charge in [-0.05, 0) is 13.8 Å². The summed E-state index contributed by atoms with van der Waals surface area (Å²) in [5.41, 5.74) is -0.111. The van der Waals surface area contributed by atoms with Crippen LogP contribution >= 0.6 is 0 Å². The highest BCUT2D eigenvalue weighted by Crippen LogP contribution is 2.24. The molecule has 0 bridgehead atoms. The van der Waals surface area contributed by atoms with Crippen LogP contribution in [-0.2, 0) is 5.41 Å². The van der Waals surface area contributed by atoms with Gasteiger partial charge in [0.2, 0.25) is 0 Å². The molecule has 1 N–H and O–H groups in total. The summed E-state index contributed by atoms with van der Waals surface area (Å²) in [7, 11) is 1.74. The van der Waals surface area contributed by atoms with Crippen LogP contribution in [0, 0.1) is 0 Å². The predicted molar refractivity (Wildman–Crippen MR) is 67.1 cm³/mol. The smallest absolute Gasteiger partial charge is 0.323 e. The molecule has 0 unspecified atom stereocenters. The van der Waals surface area contributed by atoms with Crippen molar-refractivity contribution in [3.8, 4) is 0 Å². The van der Waals surface area contributed by atoms with Crippen molar-refractivity contribution < 1.29 is 9.32 Å². The second kappa shape index (κ2) is 4.77. The molecule has 1 aromatic heterocycles. The molecule has 1 rings (SSSR count). The van der Waals surface area contributed by atoms with E-state index < -0.39 is 0 Å². The first-order valence-corrected chi connectivity index (χ1v) is 5.73. The number of nitrogens with zero attached hydrogens (tertiary/aromatic N) is 2. The molecular formula is C12H21N3O2. The van der Waals surface area contributed by atoms with Crippen molar-refractivity contribution in [3.05, 3.63) is 11.8 Å². The standard InChI is InChI=1S/C12H21N3O2/c1-8(2)15(6)11(16)13-10-7-9(17-14-10)12(3,4)5/h7-8H,1-6H3,(H,13,14,16). The highest BCUT2D eigenvalue weighted by Gasteiger charge is 2.21. The van der Waals surface area contributed by atoms with Gasteiger partial charge < -0.3 is 9.42 Å². The SMILES string of the molecule is CC(C)N(C)C(=O)Nc1cc(C(C)(C)C)on1. The third-order valence-corrected chi connectivity index (χ3v) is 2.58. The first-order chi connectivity index (χ1) is 7.71. The lowest BCUT2D eigenvalue weighted by molar-refractivity contribution is 0.211. The van der Waals surface area contributed by atoms with Gasteiger partial charge in [0.15, 0.2) is 5.82 Å². The molecule has 1 heterocycles. The van der Waals surface area contributed by atoms with Crippen molar-refractivity contribution in [2.24, 2.45) is 0 Å². The van der Waals surface area contributed by atoms with E-state index in [4.69, 9.17) is 4.52 Å². The zero-order chi connectivity index (χ0) is 13.2. The molecule has 0 spiro atoms. The topological polar surface area (TPSA) is 58.4 Å². The Hall–Kier alpha value is -1.52. The van der Waals surface area contributed by atoms with Crippen LogP contribution < -0.4 is 5.32 Å². The Balaban J connectivity index is 2.71. The number of aromatic nitrogens is 1. The number of nitrogens with one attached hydrogen (secondary N) is 1. The largest absolute Gasteiger partial charge is 0.359 e. The molecule has 96 valence electrons. The van der Waals surface area contributed by atoms with E-state index in [-0.39, 0.29) is 17.5 Å². The van der Waals surface area contributed by atoms with Crippen LogP contribution in [0.1, 0.15) is 40.4 Å². The molecule has 17 heavy (non-hydrogen) atoms. The summed E-state index contributed by atoms with van der Waals surface area (Å²) in [4.78, 5) is 13.3. The first kappa shape index (κ1) is 13.5. The second-order valence-electron chi connectivity index (χ2n) is 5.46. The number of carbonyl (C=O) groups excluding carboxylic acids is 1. The molecule has 0 saturated carbocycles. The highest BCUT2D eigenvalue weighted by atomic mass is 16.5. The van der Waals surface area contributed by atoms with Crippen LogP contribution in [-0.4, -0.2) is 29.2 Å². The Kier molecular flexibility index (Phi) is 3.80. The van der Waals surface area contributed by atoms with Crippen LogP contribution in [0.15, 0.2) is 10.6 Å². The number of hydrogen-bond acceptors (Lipinski definition) is 3. The van der Waals surface area contributed by atoms with Gasteiger partial charge in [-0.1, -0.05) is 25.9 Å². The lowest BCUT2D eigenvalue weighted by Crippen LogP contribution is -2.36. The van der Waals surface area contributed by atoms with E-state index >= 15 is 0 Å². The van der Waals surface area contributed by atoms with Crippen molar-refractivity contribution in [2.75, 3.05) is 12.4 Å². The van der Waals surface area contributed by atoms with Gasteiger partial charge in [0, 0.05) is 24.6 Å². The minimum atomic E-state index is -0.186. The van der Waals surface area contributed by atoms with Gasteiger partial charge in [0.05, 0.1) is 0 Å². The van der Waals surface area contributed by atoms with E-state index in [1.807, 2.05) is 34.6 Å². The van der Waals surface area contributed by atoms with Crippen LogP contribution in [0.3, 0.4) is 0 Å². The van der Waals surface area contributed by atoms with Crippen molar-refractivity contribution in [3.63, 3.8) is 0 Å². The summed E-state index contributed by atoms with van der Waals surface area (Å²) in [6, 6.07) is 1.71. The minimum absolute atomic E-state index is 0.111. The molecule has 1 aromatic rings. The van der Waals surface area contributed by atoms with Crippen molar-refractivity contribution >= 4 is 11.8 Å². The Morgan fingerprint density at radius 2 is 2.06 bits per heavy atom. The maximum absolute atomic E-state index is 11.7. The first-order valence-electron chi connectivity index (χ1n) is 5.73. The molecular weight excluding hydrogens is 218 g/mol. The van der Waals surface area contributed by atoms with Gasteiger partial charge in [-0.25, -0.2) is 4.79 Å².